The van der Waals surface area contributed by atoms with E-state index >= 15 is 0 Å². The molecule has 2 N–H and O–H groups in total. The lowest BCUT2D eigenvalue weighted by molar-refractivity contribution is -0.119. The van der Waals surface area contributed by atoms with Crippen LogP contribution in [0, 0.1) is 13.8 Å². The molecule has 0 fully saturated rings. The van der Waals surface area contributed by atoms with Crippen molar-refractivity contribution in [2.75, 3.05) is 10.0 Å². The lowest BCUT2D eigenvalue weighted by atomic mass is 9.86. The molecule has 0 spiro atoms. The second-order valence-corrected chi connectivity index (χ2v) is 8.36. The maximum atomic E-state index is 12.7. The lowest BCUT2D eigenvalue weighted by Gasteiger charge is -2.17. The molecule has 0 bridgehead atoms. The Morgan fingerprint density at radius 2 is 1.75 bits per heavy atom. The van der Waals surface area contributed by atoms with Crippen molar-refractivity contribution in [2.24, 2.45) is 0 Å². The van der Waals surface area contributed by atoms with E-state index in [1.54, 1.807) is 37.3 Å². The third-order valence-electron chi connectivity index (χ3n) is 4.38. The van der Waals surface area contributed by atoms with Crippen LogP contribution >= 0.6 is 0 Å². The van der Waals surface area contributed by atoms with Gasteiger partial charge in [0.15, 0.2) is 0 Å². The third-order valence-corrected chi connectivity index (χ3v) is 5.92. The van der Waals surface area contributed by atoms with E-state index in [0.29, 0.717) is 11.3 Å². The Hall–Kier alpha value is -2.34. The molecule has 6 heteroatoms. The van der Waals surface area contributed by atoms with E-state index in [4.69, 9.17) is 0 Å². The maximum Gasteiger partial charge on any atom is 0.262 e. The van der Waals surface area contributed by atoms with Crippen LogP contribution in [0.2, 0.25) is 0 Å². The predicted molar refractivity (Wildman–Crippen MR) is 94.8 cm³/mol. The topological polar surface area (TPSA) is 75.3 Å². The fourth-order valence-electron chi connectivity index (χ4n) is 2.95. The van der Waals surface area contributed by atoms with Crippen LogP contribution in [0.1, 0.15) is 30.5 Å². The molecule has 0 aromatic heterocycles. The van der Waals surface area contributed by atoms with E-state index in [0.717, 1.165) is 16.8 Å². The van der Waals surface area contributed by atoms with Crippen LogP contribution in [0.15, 0.2) is 41.3 Å². The molecule has 126 valence electrons. The number of sulfonamides is 1. The second kappa shape index (κ2) is 5.34. The molecule has 2 aromatic rings. The molecule has 0 atom stereocenters. The first-order valence-corrected chi connectivity index (χ1v) is 9.15. The zero-order chi connectivity index (χ0) is 17.7. The molecule has 1 amide bonds. The zero-order valence-corrected chi connectivity index (χ0v) is 14.9. The third kappa shape index (κ3) is 2.67. The molecular weight excluding hydrogens is 324 g/mol. The van der Waals surface area contributed by atoms with Gasteiger partial charge in [-0.2, -0.15) is 0 Å². The van der Waals surface area contributed by atoms with E-state index in [9.17, 15) is 13.2 Å². The van der Waals surface area contributed by atoms with Gasteiger partial charge in [-0.3, -0.25) is 9.52 Å². The highest BCUT2D eigenvalue weighted by molar-refractivity contribution is 7.92. The summed E-state index contributed by atoms with van der Waals surface area (Å²) in [6.45, 7) is 7.33. The Morgan fingerprint density at radius 1 is 1.04 bits per heavy atom. The van der Waals surface area contributed by atoms with Gasteiger partial charge in [0.25, 0.3) is 10.0 Å². The van der Waals surface area contributed by atoms with E-state index in [1.807, 2.05) is 26.8 Å². The SMILES string of the molecule is Cc1ccc(S(=O)(=O)Nc2ccc3c(c2)C(C)(C)C(=O)N3)c(C)c1. The summed E-state index contributed by atoms with van der Waals surface area (Å²) >= 11 is 0. The van der Waals surface area contributed by atoms with E-state index < -0.39 is 15.4 Å². The number of carbonyl (C=O) groups excluding carboxylic acids is 1. The molecule has 1 aliphatic rings. The minimum absolute atomic E-state index is 0.0908. The quantitative estimate of drug-likeness (QED) is 0.897. The van der Waals surface area contributed by atoms with Gasteiger partial charge in [-0.15, -0.1) is 0 Å². The highest BCUT2D eigenvalue weighted by Crippen LogP contribution is 2.39. The monoisotopic (exact) mass is 344 g/mol. The number of nitrogens with one attached hydrogen (secondary N) is 2. The molecule has 0 saturated carbocycles. The number of hydrogen-bond acceptors (Lipinski definition) is 3. The first-order valence-electron chi connectivity index (χ1n) is 7.67. The number of amides is 1. The average molecular weight is 344 g/mol. The fourth-order valence-corrected chi connectivity index (χ4v) is 4.22. The number of rotatable bonds is 3. The summed E-state index contributed by atoms with van der Waals surface area (Å²) in [6, 6.07) is 10.3. The first kappa shape index (κ1) is 16.5. The van der Waals surface area contributed by atoms with Gasteiger partial charge >= 0.3 is 0 Å². The van der Waals surface area contributed by atoms with Crippen LogP contribution < -0.4 is 10.0 Å². The van der Waals surface area contributed by atoms with Crippen LogP contribution in [0.3, 0.4) is 0 Å². The molecular formula is C18H20N2O3S. The van der Waals surface area contributed by atoms with Gasteiger partial charge in [-0.25, -0.2) is 8.42 Å². The molecule has 0 saturated heterocycles. The maximum absolute atomic E-state index is 12.7. The van der Waals surface area contributed by atoms with Crippen molar-refractivity contribution in [3.8, 4) is 0 Å². The summed E-state index contributed by atoms with van der Waals surface area (Å²) in [4.78, 5) is 12.2. The molecule has 0 unspecified atom stereocenters. The summed E-state index contributed by atoms with van der Waals surface area (Å²) in [7, 11) is -3.68. The van der Waals surface area contributed by atoms with Gasteiger partial charge in [0.1, 0.15) is 0 Å². The number of fused-ring (bicyclic) bond motifs is 1. The summed E-state index contributed by atoms with van der Waals surface area (Å²) in [5, 5.41) is 2.81. The second-order valence-electron chi connectivity index (χ2n) is 6.71. The number of anilines is 2. The van der Waals surface area contributed by atoms with Crippen LogP contribution in [0.5, 0.6) is 0 Å². The van der Waals surface area contributed by atoms with Crippen LogP contribution in [-0.2, 0) is 20.2 Å². The van der Waals surface area contributed by atoms with Gasteiger partial charge in [0.05, 0.1) is 10.3 Å². The number of benzene rings is 2. The molecule has 24 heavy (non-hydrogen) atoms. The van der Waals surface area contributed by atoms with Gasteiger partial charge in [-0.05, 0) is 63.1 Å². The number of aryl methyl sites for hydroxylation is 2. The van der Waals surface area contributed by atoms with Crippen molar-refractivity contribution < 1.29 is 13.2 Å². The minimum atomic E-state index is -3.68. The molecule has 5 nitrogen and oxygen atoms in total. The molecule has 0 radical (unpaired) electrons. The molecule has 3 rings (SSSR count). The zero-order valence-electron chi connectivity index (χ0n) is 14.1. The number of carbonyl (C=O) groups is 1. The summed E-state index contributed by atoms with van der Waals surface area (Å²) < 4.78 is 27.9. The van der Waals surface area contributed by atoms with Crippen LogP contribution in [0.4, 0.5) is 11.4 Å². The summed E-state index contributed by atoms with van der Waals surface area (Å²) in [6.07, 6.45) is 0. The van der Waals surface area contributed by atoms with Crippen molar-refractivity contribution in [3.05, 3.63) is 53.1 Å². The Morgan fingerprint density at radius 3 is 2.42 bits per heavy atom. The van der Waals surface area contributed by atoms with Crippen molar-refractivity contribution in [3.63, 3.8) is 0 Å². The van der Waals surface area contributed by atoms with Crippen molar-refractivity contribution in [2.45, 2.75) is 38.0 Å². The van der Waals surface area contributed by atoms with Gasteiger partial charge in [0.2, 0.25) is 5.91 Å². The van der Waals surface area contributed by atoms with Crippen molar-refractivity contribution in [1.82, 2.24) is 0 Å². The van der Waals surface area contributed by atoms with E-state index in [1.165, 1.54) is 0 Å². The highest BCUT2D eigenvalue weighted by atomic mass is 32.2. The predicted octanol–water partition coefficient (Wildman–Crippen LogP) is 3.33. The van der Waals surface area contributed by atoms with Crippen LogP contribution in [-0.4, -0.2) is 14.3 Å². The van der Waals surface area contributed by atoms with Crippen molar-refractivity contribution >= 4 is 27.3 Å². The minimum Gasteiger partial charge on any atom is -0.325 e. The Balaban J connectivity index is 1.98. The summed E-state index contributed by atoms with van der Waals surface area (Å²) in [5.74, 6) is -0.0908. The highest BCUT2D eigenvalue weighted by Gasteiger charge is 2.38. The van der Waals surface area contributed by atoms with Gasteiger partial charge in [-0.1, -0.05) is 17.7 Å². The van der Waals surface area contributed by atoms with E-state index in [2.05, 4.69) is 10.0 Å². The normalized spacial score (nSPS) is 15.8. The Labute approximate surface area is 142 Å². The van der Waals surface area contributed by atoms with Gasteiger partial charge < -0.3 is 5.32 Å². The Kier molecular flexibility index (Phi) is 3.68. The molecule has 1 aliphatic heterocycles. The lowest BCUT2D eigenvalue weighted by Crippen LogP contribution is -2.27. The largest absolute Gasteiger partial charge is 0.325 e. The fraction of sp³-hybridized carbons (Fsp3) is 0.278. The Bertz CT molecular complexity index is 947. The summed E-state index contributed by atoms with van der Waals surface area (Å²) in [5.41, 5.74) is 2.97. The standard InChI is InChI=1S/C18H20N2O3S/c1-11-5-8-16(12(2)9-11)24(22,23)20-13-6-7-15-14(10-13)18(3,4)17(21)19-15/h5-10,20H,1-4H3,(H,19,21). The van der Waals surface area contributed by atoms with Crippen molar-refractivity contribution in [1.29, 1.82) is 0 Å². The molecule has 0 aliphatic carbocycles. The van der Waals surface area contributed by atoms with Crippen LogP contribution in [0.25, 0.3) is 0 Å². The average Bonchev–Trinajstić information content (AvgIpc) is 2.69. The molecule has 1 heterocycles. The number of hydrogen-bond donors (Lipinski definition) is 2. The van der Waals surface area contributed by atoms with Gasteiger partial charge in [0, 0.05) is 11.4 Å². The first-order chi connectivity index (χ1) is 11.1. The molecule has 2 aromatic carbocycles. The van der Waals surface area contributed by atoms with E-state index in [-0.39, 0.29) is 10.8 Å². The smallest absolute Gasteiger partial charge is 0.262 e.